The minimum absolute atomic E-state index is 0.0693. The lowest BCUT2D eigenvalue weighted by Crippen LogP contribution is -2.35. The van der Waals surface area contributed by atoms with Gasteiger partial charge < -0.3 is 14.8 Å². The smallest absolute Gasteiger partial charge is 0.214 e. The van der Waals surface area contributed by atoms with Crippen LogP contribution in [-0.4, -0.2) is 24.7 Å². The molecule has 1 fully saturated rings. The predicted molar refractivity (Wildman–Crippen MR) is 93.5 cm³/mol. The maximum Gasteiger partial charge on any atom is 0.214 e. The molecule has 1 aromatic heterocycles. The van der Waals surface area contributed by atoms with Gasteiger partial charge in [-0.2, -0.15) is 5.26 Å². The van der Waals surface area contributed by atoms with Crippen LogP contribution in [0.5, 0.6) is 11.6 Å². The highest BCUT2D eigenvalue weighted by atomic mass is 19.1. The standard InChI is InChI=1S/C20H20FN3O2/c21-17-9-13(10-22)1-2-15(17)12-26-19-4-3-18-20(24-19)16-5-7-23-11-14(16)6-8-25-18/h1-4,9,14,16,23H,5-8,11-12H2. The van der Waals surface area contributed by atoms with Gasteiger partial charge in [0.05, 0.1) is 23.9 Å². The number of nitriles is 1. The Morgan fingerprint density at radius 2 is 2.23 bits per heavy atom. The third kappa shape index (κ3) is 3.35. The summed E-state index contributed by atoms with van der Waals surface area (Å²) in [5, 5.41) is 12.3. The van der Waals surface area contributed by atoms with Crippen LogP contribution in [0.15, 0.2) is 30.3 Å². The van der Waals surface area contributed by atoms with Gasteiger partial charge in [-0.3, -0.25) is 0 Å². The van der Waals surface area contributed by atoms with Crippen molar-refractivity contribution in [2.24, 2.45) is 5.92 Å². The SMILES string of the molecule is N#Cc1ccc(COc2ccc3c(n2)C2CCNCC2CCO3)c(F)c1. The first-order valence-corrected chi connectivity index (χ1v) is 8.90. The van der Waals surface area contributed by atoms with Crippen LogP contribution in [0.1, 0.15) is 35.6 Å². The molecule has 4 rings (SSSR count). The van der Waals surface area contributed by atoms with E-state index >= 15 is 0 Å². The van der Waals surface area contributed by atoms with Crippen molar-refractivity contribution in [3.05, 3.63) is 53.0 Å². The molecule has 0 radical (unpaired) electrons. The number of hydrogen-bond acceptors (Lipinski definition) is 5. The van der Waals surface area contributed by atoms with Crippen molar-refractivity contribution in [3.8, 4) is 17.7 Å². The van der Waals surface area contributed by atoms with Gasteiger partial charge in [-0.05, 0) is 50.0 Å². The number of ether oxygens (including phenoxy) is 2. The fourth-order valence-corrected chi connectivity index (χ4v) is 3.70. The van der Waals surface area contributed by atoms with E-state index < -0.39 is 5.82 Å². The molecular weight excluding hydrogens is 333 g/mol. The van der Waals surface area contributed by atoms with Gasteiger partial charge in [-0.1, -0.05) is 6.07 Å². The van der Waals surface area contributed by atoms with Crippen molar-refractivity contribution < 1.29 is 13.9 Å². The number of halogens is 1. The van der Waals surface area contributed by atoms with Crippen LogP contribution in [0.3, 0.4) is 0 Å². The van der Waals surface area contributed by atoms with E-state index in [0.29, 0.717) is 35.4 Å². The second kappa shape index (κ2) is 7.30. The Labute approximate surface area is 151 Å². The van der Waals surface area contributed by atoms with E-state index in [1.54, 1.807) is 18.2 Å². The van der Waals surface area contributed by atoms with Gasteiger partial charge in [-0.15, -0.1) is 0 Å². The summed E-state index contributed by atoms with van der Waals surface area (Å²) < 4.78 is 25.6. The predicted octanol–water partition coefficient (Wildman–Crippen LogP) is 3.15. The van der Waals surface area contributed by atoms with Crippen molar-refractivity contribution in [3.63, 3.8) is 0 Å². The number of fused-ring (bicyclic) bond motifs is 3. The van der Waals surface area contributed by atoms with Gasteiger partial charge in [0.2, 0.25) is 5.88 Å². The number of benzene rings is 1. The number of aromatic nitrogens is 1. The number of pyridine rings is 1. The molecule has 2 unspecified atom stereocenters. The average Bonchev–Trinajstić information content (AvgIpc) is 2.86. The molecule has 0 saturated carbocycles. The zero-order valence-corrected chi connectivity index (χ0v) is 14.4. The monoisotopic (exact) mass is 353 g/mol. The summed E-state index contributed by atoms with van der Waals surface area (Å²) in [6.07, 6.45) is 2.04. The van der Waals surface area contributed by atoms with Crippen LogP contribution < -0.4 is 14.8 Å². The fourth-order valence-electron chi connectivity index (χ4n) is 3.70. The number of nitrogens with zero attached hydrogens (tertiary/aromatic N) is 2. The van der Waals surface area contributed by atoms with Gasteiger partial charge in [0.15, 0.2) is 0 Å². The highest BCUT2D eigenvalue weighted by molar-refractivity contribution is 5.36. The van der Waals surface area contributed by atoms with Gasteiger partial charge in [0.1, 0.15) is 18.2 Å². The molecule has 6 heteroatoms. The largest absolute Gasteiger partial charge is 0.492 e. The number of rotatable bonds is 3. The zero-order chi connectivity index (χ0) is 17.9. The van der Waals surface area contributed by atoms with Crippen LogP contribution in [0, 0.1) is 23.1 Å². The molecule has 2 aliphatic heterocycles. The second-order valence-corrected chi connectivity index (χ2v) is 6.74. The summed E-state index contributed by atoms with van der Waals surface area (Å²) in [6, 6.07) is 9.96. The molecule has 0 aliphatic carbocycles. The molecule has 0 spiro atoms. The molecule has 3 heterocycles. The number of hydrogen-bond donors (Lipinski definition) is 1. The molecule has 1 saturated heterocycles. The van der Waals surface area contributed by atoms with Gasteiger partial charge in [-0.25, -0.2) is 9.37 Å². The van der Waals surface area contributed by atoms with E-state index in [9.17, 15) is 4.39 Å². The van der Waals surface area contributed by atoms with Crippen LogP contribution in [0.25, 0.3) is 0 Å². The Balaban J connectivity index is 1.53. The Kier molecular flexibility index (Phi) is 4.72. The Hall–Kier alpha value is -2.65. The van der Waals surface area contributed by atoms with Gasteiger partial charge >= 0.3 is 0 Å². The topological polar surface area (TPSA) is 67.2 Å². The Morgan fingerprint density at radius 3 is 3.08 bits per heavy atom. The third-order valence-corrected chi connectivity index (χ3v) is 5.12. The number of nitrogens with one attached hydrogen (secondary N) is 1. The van der Waals surface area contributed by atoms with Gasteiger partial charge in [0.25, 0.3) is 0 Å². The van der Waals surface area contributed by atoms with Crippen molar-refractivity contribution in [2.75, 3.05) is 19.7 Å². The van der Waals surface area contributed by atoms with E-state index in [-0.39, 0.29) is 6.61 Å². The van der Waals surface area contributed by atoms with E-state index in [2.05, 4.69) is 10.3 Å². The lowest BCUT2D eigenvalue weighted by atomic mass is 9.82. The minimum Gasteiger partial charge on any atom is -0.492 e. The maximum absolute atomic E-state index is 14.0. The second-order valence-electron chi connectivity index (χ2n) is 6.74. The molecule has 1 N–H and O–H groups in total. The molecular formula is C20H20FN3O2. The lowest BCUT2D eigenvalue weighted by molar-refractivity contribution is 0.262. The highest BCUT2D eigenvalue weighted by Crippen LogP contribution is 2.39. The van der Waals surface area contributed by atoms with Gasteiger partial charge in [0, 0.05) is 17.5 Å². The van der Waals surface area contributed by atoms with E-state index in [1.807, 2.05) is 12.1 Å². The number of piperidine rings is 1. The molecule has 2 atom stereocenters. The lowest BCUT2D eigenvalue weighted by Gasteiger charge is -2.30. The Morgan fingerprint density at radius 1 is 1.31 bits per heavy atom. The summed E-state index contributed by atoms with van der Waals surface area (Å²) in [5.41, 5.74) is 1.65. The van der Waals surface area contributed by atoms with Crippen LogP contribution in [0.4, 0.5) is 4.39 Å². The summed E-state index contributed by atoms with van der Waals surface area (Å²) in [6.45, 7) is 2.73. The zero-order valence-electron chi connectivity index (χ0n) is 14.4. The van der Waals surface area contributed by atoms with Crippen molar-refractivity contribution in [1.29, 1.82) is 5.26 Å². The van der Waals surface area contributed by atoms with Crippen LogP contribution >= 0.6 is 0 Å². The first-order chi connectivity index (χ1) is 12.7. The molecule has 26 heavy (non-hydrogen) atoms. The van der Waals surface area contributed by atoms with Crippen LogP contribution in [-0.2, 0) is 6.61 Å². The Bertz CT molecular complexity index is 849. The molecule has 2 aromatic rings. The van der Waals surface area contributed by atoms with E-state index in [0.717, 1.165) is 37.4 Å². The fraction of sp³-hybridized carbons (Fsp3) is 0.400. The van der Waals surface area contributed by atoms with E-state index in [1.165, 1.54) is 6.07 Å². The van der Waals surface area contributed by atoms with Crippen molar-refractivity contribution in [2.45, 2.75) is 25.4 Å². The summed E-state index contributed by atoms with van der Waals surface area (Å²) >= 11 is 0. The minimum atomic E-state index is -0.444. The highest BCUT2D eigenvalue weighted by Gasteiger charge is 2.32. The molecule has 2 aliphatic rings. The molecule has 0 bridgehead atoms. The van der Waals surface area contributed by atoms with Crippen molar-refractivity contribution >= 4 is 0 Å². The van der Waals surface area contributed by atoms with Crippen LogP contribution in [0.2, 0.25) is 0 Å². The summed E-state index contributed by atoms with van der Waals surface area (Å²) in [5.74, 6) is 1.74. The average molecular weight is 353 g/mol. The first kappa shape index (κ1) is 16.8. The third-order valence-electron chi connectivity index (χ3n) is 5.12. The molecule has 0 amide bonds. The summed E-state index contributed by atoms with van der Waals surface area (Å²) in [7, 11) is 0. The molecule has 5 nitrogen and oxygen atoms in total. The molecule has 134 valence electrons. The normalized spacial score (nSPS) is 21.5. The summed E-state index contributed by atoms with van der Waals surface area (Å²) in [4.78, 5) is 4.69. The first-order valence-electron chi connectivity index (χ1n) is 8.90. The van der Waals surface area contributed by atoms with E-state index in [4.69, 9.17) is 14.7 Å². The molecule has 1 aromatic carbocycles. The maximum atomic E-state index is 14.0. The quantitative estimate of drug-likeness (QED) is 0.918. The van der Waals surface area contributed by atoms with Crippen molar-refractivity contribution in [1.82, 2.24) is 10.3 Å².